The standard InChI is InChI=1S/C14H9F2N3OS/c15-8-4-3-7(6-9(8)16)19-14(20)13-11(17)12-10(21-13)2-1-5-18-12/h1-6H,17H2,(H,19,20). The van der Waals surface area contributed by atoms with Crippen LogP contribution >= 0.6 is 11.3 Å². The number of nitrogen functional groups attached to an aromatic ring is 1. The molecule has 0 aliphatic rings. The van der Waals surface area contributed by atoms with Gasteiger partial charge in [0, 0.05) is 18.0 Å². The molecule has 0 fully saturated rings. The van der Waals surface area contributed by atoms with Crippen LogP contribution in [0.2, 0.25) is 0 Å². The predicted octanol–water partition coefficient (Wildman–Crippen LogP) is 3.41. The second-order valence-corrected chi connectivity index (χ2v) is 5.33. The number of nitrogens with zero attached hydrogens (tertiary/aromatic N) is 1. The first-order chi connectivity index (χ1) is 10.1. The quantitative estimate of drug-likeness (QED) is 0.762. The monoisotopic (exact) mass is 305 g/mol. The maximum Gasteiger partial charge on any atom is 0.267 e. The van der Waals surface area contributed by atoms with Gasteiger partial charge in [-0.3, -0.25) is 9.78 Å². The Morgan fingerprint density at radius 3 is 2.76 bits per heavy atom. The number of benzene rings is 1. The summed E-state index contributed by atoms with van der Waals surface area (Å²) in [7, 11) is 0. The van der Waals surface area contributed by atoms with Crippen LogP contribution in [0.1, 0.15) is 9.67 Å². The molecule has 21 heavy (non-hydrogen) atoms. The van der Waals surface area contributed by atoms with Crippen molar-refractivity contribution in [1.29, 1.82) is 0 Å². The van der Waals surface area contributed by atoms with E-state index in [1.165, 1.54) is 17.4 Å². The van der Waals surface area contributed by atoms with Gasteiger partial charge in [0.1, 0.15) is 10.4 Å². The minimum Gasteiger partial charge on any atom is -0.396 e. The van der Waals surface area contributed by atoms with Crippen LogP contribution in [-0.2, 0) is 0 Å². The Kier molecular flexibility index (Phi) is 3.26. The molecular weight excluding hydrogens is 296 g/mol. The number of nitrogens with two attached hydrogens (primary N) is 1. The minimum atomic E-state index is -1.03. The molecular formula is C14H9F2N3OS. The van der Waals surface area contributed by atoms with E-state index in [1.54, 1.807) is 18.3 Å². The number of halogens is 2. The largest absolute Gasteiger partial charge is 0.396 e. The molecule has 1 amide bonds. The minimum absolute atomic E-state index is 0.156. The van der Waals surface area contributed by atoms with Gasteiger partial charge in [0.15, 0.2) is 11.6 Å². The molecule has 0 radical (unpaired) electrons. The van der Waals surface area contributed by atoms with Crippen LogP contribution in [0.15, 0.2) is 36.5 Å². The number of carbonyl (C=O) groups excluding carboxylic acids is 1. The molecule has 0 saturated carbocycles. The Labute approximate surface area is 122 Å². The number of fused-ring (bicyclic) bond motifs is 1. The number of hydrogen-bond donors (Lipinski definition) is 2. The third-order valence-electron chi connectivity index (χ3n) is 2.87. The molecule has 0 spiro atoms. The van der Waals surface area contributed by atoms with E-state index in [9.17, 15) is 13.6 Å². The Bertz CT molecular complexity index is 847. The summed E-state index contributed by atoms with van der Waals surface area (Å²) in [5.41, 5.74) is 6.88. The number of anilines is 2. The number of thiophene rings is 1. The number of aromatic nitrogens is 1. The van der Waals surface area contributed by atoms with Gasteiger partial charge in [-0.1, -0.05) is 0 Å². The highest BCUT2D eigenvalue weighted by Gasteiger charge is 2.17. The van der Waals surface area contributed by atoms with Crippen LogP contribution in [0.3, 0.4) is 0 Å². The van der Waals surface area contributed by atoms with Crippen LogP contribution in [0, 0.1) is 11.6 Å². The third kappa shape index (κ3) is 2.43. The van der Waals surface area contributed by atoms with Crippen molar-refractivity contribution in [3.8, 4) is 0 Å². The van der Waals surface area contributed by atoms with Gasteiger partial charge in [-0.2, -0.15) is 0 Å². The van der Waals surface area contributed by atoms with Crippen LogP contribution in [-0.4, -0.2) is 10.9 Å². The Balaban J connectivity index is 1.93. The zero-order valence-corrected chi connectivity index (χ0v) is 11.4. The van der Waals surface area contributed by atoms with Gasteiger partial charge in [-0.15, -0.1) is 11.3 Å². The van der Waals surface area contributed by atoms with E-state index in [1.807, 2.05) is 0 Å². The van der Waals surface area contributed by atoms with Gasteiger partial charge in [0.05, 0.1) is 10.4 Å². The first-order valence-corrected chi connectivity index (χ1v) is 6.77. The van der Waals surface area contributed by atoms with E-state index in [2.05, 4.69) is 10.3 Å². The number of carbonyl (C=O) groups is 1. The van der Waals surface area contributed by atoms with Crippen molar-refractivity contribution in [3.63, 3.8) is 0 Å². The number of rotatable bonds is 2. The van der Waals surface area contributed by atoms with Crippen molar-refractivity contribution in [3.05, 3.63) is 53.0 Å². The van der Waals surface area contributed by atoms with Crippen LogP contribution in [0.5, 0.6) is 0 Å². The van der Waals surface area contributed by atoms with Gasteiger partial charge in [-0.05, 0) is 24.3 Å². The highest BCUT2D eigenvalue weighted by Crippen LogP contribution is 2.32. The lowest BCUT2D eigenvalue weighted by Crippen LogP contribution is -2.12. The maximum absolute atomic E-state index is 13.1. The molecule has 3 aromatic rings. The summed E-state index contributed by atoms with van der Waals surface area (Å²) in [5.74, 6) is -2.49. The summed E-state index contributed by atoms with van der Waals surface area (Å²) in [5, 5.41) is 2.49. The number of amides is 1. The van der Waals surface area contributed by atoms with E-state index >= 15 is 0 Å². The SMILES string of the molecule is Nc1c(C(=O)Nc2ccc(F)c(F)c2)sc2cccnc12. The van der Waals surface area contributed by atoms with Crippen molar-refractivity contribution >= 4 is 38.8 Å². The van der Waals surface area contributed by atoms with Crippen molar-refractivity contribution in [1.82, 2.24) is 4.98 Å². The second kappa shape index (κ2) is 5.10. The van der Waals surface area contributed by atoms with E-state index in [0.717, 1.165) is 16.8 Å². The third-order valence-corrected chi connectivity index (χ3v) is 4.02. The average molecular weight is 305 g/mol. The van der Waals surface area contributed by atoms with Gasteiger partial charge in [0.2, 0.25) is 0 Å². The highest BCUT2D eigenvalue weighted by atomic mass is 32.1. The number of nitrogens with one attached hydrogen (secondary N) is 1. The Hall–Kier alpha value is -2.54. The molecule has 0 saturated heterocycles. The molecule has 106 valence electrons. The van der Waals surface area contributed by atoms with E-state index in [4.69, 9.17) is 5.73 Å². The lowest BCUT2D eigenvalue weighted by Gasteiger charge is -2.04. The summed E-state index contributed by atoms with van der Waals surface area (Å²) < 4.78 is 26.8. The summed E-state index contributed by atoms with van der Waals surface area (Å²) in [4.78, 5) is 16.6. The van der Waals surface area contributed by atoms with Gasteiger partial charge >= 0.3 is 0 Å². The molecule has 2 aromatic heterocycles. The fourth-order valence-corrected chi connectivity index (χ4v) is 2.85. The molecule has 0 atom stereocenters. The molecule has 0 bridgehead atoms. The van der Waals surface area contributed by atoms with E-state index < -0.39 is 17.5 Å². The van der Waals surface area contributed by atoms with Gasteiger partial charge in [0.25, 0.3) is 5.91 Å². The zero-order chi connectivity index (χ0) is 15.0. The molecule has 3 N–H and O–H groups in total. The fraction of sp³-hybridized carbons (Fsp3) is 0. The molecule has 3 rings (SSSR count). The van der Waals surface area contributed by atoms with E-state index in [-0.39, 0.29) is 16.3 Å². The molecule has 7 heteroatoms. The number of pyridine rings is 1. The van der Waals surface area contributed by atoms with Gasteiger partial charge < -0.3 is 11.1 Å². The summed E-state index contributed by atoms with van der Waals surface area (Å²) in [6, 6.07) is 6.68. The maximum atomic E-state index is 13.1. The molecule has 0 unspecified atom stereocenters. The summed E-state index contributed by atoms with van der Waals surface area (Å²) >= 11 is 1.19. The first kappa shape index (κ1) is 13.4. The van der Waals surface area contributed by atoms with Crippen LogP contribution in [0.25, 0.3) is 10.2 Å². The summed E-state index contributed by atoms with van der Waals surface area (Å²) in [6.45, 7) is 0. The topological polar surface area (TPSA) is 68.0 Å². The van der Waals surface area contributed by atoms with E-state index in [0.29, 0.717) is 5.52 Å². The predicted molar refractivity (Wildman–Crippen MR) is 78.3 cm³/mol. The first-order valence-electron chi connectivity index (χ1n) is 5.95. The van der Waals surface area contributed by atoms with Gasteiger partial charge in [-0.25, -0.2) is 8.78 Å². The Morgan fingerprint density at radius 1 is 1.24 bits per heavy atom. The lowest BCUT2D eigenvalue weighted by atomic mass is 10.2. The lowest BCUT2D eigenvalue weighted by molar-refractivity contribution is 0.103. The second-order valence-electron chi connectivity index (χ2n) is 4.28. The molecule has 0 aliphatic carbocycles. The molecule has 0 aliphatic heterocycles. The van der Waals surface area contributed by atoms with Crippen molar-refractivity contribution in [2.45, 2.75) is 0 Å². The van der Waals surface area contributed by atoms with Crippen molar-refractivity contribution in [2.24, 2.45) is 0 Å². The fourth-order valence-electron chi connectivity index (χ4n) is 1.88. The van der Waals surface area contributed by atoms with Crippen LogP contribution in [0.4, 0.5) is 20.2 Å². The molecule has 1 aromatic carbocycles. The average Bonchev–Trinajstić information content (AvgIpc) is 2.81. The van der Waals surface area contributed by atoms with Crippen LogP contribution < -0.4 is 11.1 Å². The summed E-state index contributed by atoms with van der Waals surface area (Å²) in [6.07, 6.45) is 1.59. The smallest absolute Gasteiger partial charge is 0.267 e. The molecule has 2 heterocycles. The molecule has 4 nitrogen and oxygen atoms in total. The van der Waals surface area contributed by atoms with Crippen molar-refractivity contribution in [2.75, 3.05) is 11.1 Å². The normalized spacial score (nSPS) is 10.8. The Morgan fingerprint density at radius 2 is 2.05 bits per heavy atom. The highest BCUT2D eigenvalue weighted by molar-refractivity contribution is 7.21. The number of hydrogen-bond acceptors (Lipinski definition) is 4. The zero-order valence-electron chi connectivity index (χ0n) is 10.6. The van der Waals surface area contributed by atoms with Crippen molar-refractivity contribution < 1.29 is 13.6 Å².